The Morgan fingerprint density at radius 1 is 1.04 bits per heavy atom. The van der Waals surface area contributed by atoms with Crippen LogP contribution in [0.15, 0.2) is 0 Å². The number of methoxy groups -OCH3 is 1. The van der Waals surface area contributed by atoms with Crippen LogP contribution in [0.25, 0.3) is 0 Å². The summed E-state index contributed by atoms with van der Waals surface area (Å²) in [7, 11) is 1.39. The van der Waals surface area contributed by atoms with Crippen LogP contribution in [-0.2, 0) is 23.9 Å². The minimum atomic E-state index is -1.12. The van der Waals surface area contributed by atoms with E-state index in [0.29, 0.717) is 18.3 Å². The molecule has 0 amide bonds. The molecule has 0 saturated heterocycles. The number of esters is 2. The zero-order valence-electron chi connectivity index (χ0n) is 17.7. The molecule has 4 fully saturated rings. The lowest BCUT2D eigenvalue weighted by Gasteiger charge is -2.63. The summed E-state index contributed by atoms with van der Waals surface area (Å²) >= 11 is 0. The minimum Gasteiger partial charge on any atom is -0.466 e. The largest absolute Gasteiger partial charge is 0.466 e. The van der Waals surface area contributed by atoms with Gasteiger partial charge in [0.05, 0.1) is 7.11 Å². The van der Waals surface area contributed by atoms with Crippen LogP contribution in [0.4, 0.5) is 0 Å². The van der Waals surface area contributed by atoms with Gasteiger partial charge in [0.15, 0.2) is 0 Å². The second-order valence-corrected chi connectivity index (χ2v) is 10.6. The first-order valence-corrected chi connectivity index (χ1v) is 10.9. The molecule has 4 rings (SSSR count). The van der Waals surface area contributed by atoms with Crippen LogP contribution in [0.2, 0.25) is 0 Å². The predicted molar refractivity (Wildman–Crippen MR) is 103 cm³/mol. The van der Waals surface area contributed by atoms with Crippen LogP contribution < -0.4 is 0 Å². The van der Waals surface area contributed by atoms with E-state index in [1.165, 1.54) is 20.3 Å². The van der Waals surface area contributed by atoms with E-state index in [1.54, 1.807) is 0 Å². The number of carbonyl (C=O) groups is 3. The third kappa shape index (κ3) is 2.46. The number of fused-ring (bicyclic) bond motifs is 3. The van der Waals surface area contributed by atoms with Gasteiger partial charge in [0.2, 0.25) is 5.60 Å². The molecule has 4 aliphatic rings. The van der Waals surface area contributed by atoms with Crippen molar-refractivity contribution < 1.29 is 23.9 Å². The molecule has 2 bridgehead atoms. The summed E-state index contributed by atoms with van der Waals surface area (Å²) in [5.74, 6) is 0.120. The Labute approximate surface area is 167 Å². The molecular formula is C23H34O5. The highest BCUT2D eigenvalue weighted by atomic mass is 16.6. The van der Waals surface area contributed by atoms with E-state index in [0.717, 1.165) is 51.4 Å². The highest BCUT2D eigenvalue weighted by Gasteiger charge is 2.71. The summed E-state index contributed by atoms with van der Waals surface area (Å²) in [6, 6.07) is 0. The zero-order valence-corrected chi connectivity index (χ0v) is 17.7. The van der Waals surface area contributed by atoms with Crippen LogP contribution in [0.1, 0.15) is 78.6 Å². The SMILES string of the molecule is COC(=O)[C@]1(OC(C)=O)C[C@@]23CC[C@H]4[C@@](C)(CCC[C@@]4(C)C=O)[C@@H]2CC[C@H]1C3. The van der Waals surface area contributed by atoms with Crippen molar-refractivity contribution in [1.29, 1.82) is 0 Å². The van der Waals surface area contributed by atoms with Crippen molar-refractivity contribution in [3.05, 3.63) is 0 Å². The summed E-state index contributed by atoms with van der Waals surface area (Å²) in [4.78, 5) is 36.8. The molecule has 0 aromatic heterocycles. The van der Waals surface area contributed by atoms with E-state index < -0.39 is 11.6 Å². The molecule has 4 saturated carbocycles. The van der Waals surface area contributed by atoms with Gasteiger partial charge in [-0.05, 0) is 67.6 Å². The molecule has 0 N–H and O–H groups in total. The van der Waals surface area contributed by atoms with E-state index in [9.17, 15) is 14.4 Å². The summed E-state index contributed by atoms with van der Waals surface area (Å²) in [6.07, 6.45) is 9.92. The van der Waals surface area contributed by atoms with Crippen molar-refractivity contribution in [2.45, 2.75) is 84.2 Å². The van der Waals surface area contributed by atoms with Crippen molar-refractivity contribution >= 4 is 18.2 Å². The molecule has 0 heterocycles. The van der Waals surface area contributed by atoms with Gasteiger partial charge in [0.25, 0.3) is 0 Å². The van der Waals surface area contributed by atoms with Crippen LogP contribution in [0.5, 0.6) is 0 Å². The van der Waals surface area contributed by atoms with E-state index in [-0.39, 0.29) is 28.1 Å². The molecule has 28 heavy (non-hydrogen) atoms. The molecule has 5 heteroatoms. The third-order valence-corrected chi connectivity index (χ3v) is 9.35. The Balaban J connectivity index is 1.73. The first kappa shape index (κ1) is 19.9. The number of hydrogen-bond donors (Lipinski definition) is 0. The summed E-state index contributed by atoms with van der Waals surface area (Å²) in [5, 5.41) is 0. The van der Waals surface area contributed by atoms with Crippen LogP contribution >= 0.6 is 0 Å². The smallest absolute Gasteiger partial charge is 0.350 e. The Bertz CT molecular complexity index is 703. The van der Waals surface area contributed by atoms with Gasteiger partial charge in [-0.2, -0.15) is 0 Å². The fraction of sp³-hybridized carbons (Fsp3) is 0.870. The second kappa shape index (κ2) is 6.30. The quantitative estimate of drug-likeness (QED) is 0.537. The minimum absolute atomic E-state index is 0.0128. The Morgan fingerprint density at radius 2 is 1.79 bits per heavy atom. The van der Waals surface area contributed by atoms with Gasteiger partial charge in [0.1, 0.15) is 6.29 Å². The van der Waals surface area contributed by atoms with Crippen molar-refractivity contribution in [3.8, 4) is 0 Å². The Hall–Kier alpha value is -1.39. The van der Waals surface area contributed by atoms with E-state index in [2.05, 4.69) is 13.8 Å². The fourth-order valence-corrected chi connectivity index (χ4v) is 8.49. The van der Waals surface area contributed by atoms with Gasteiger partial charge in [-0.25, -0.2) is 4.79 Å². The van der Waals surface area contributed by atoms with Gasteiger partial charge >= 0.3 is 11.9 Å². The average Bonchev–Trinajstić information content (AvgIpc) is 2.87. The van der Waals surface area contributed by atoms with Gasteiger partial charge in [-0.15, -0.1) is 0 Å². The molecule has 0 aliphatic heterocycles. The maximum atomic E-state index is 12.9. The summed E-state index contributed by atoms with van der Waals surface area (Å²) in [5.41, 5.74) is -1.24. The molecule has 0 radical (unpaired) electrons. The second-order valence-electron chi connectivity index (χ2n) is 10.6. The van der Waals surface area contributed by atoms with Crippen LogP contribution in [0.3, 0.4) is 0 Å². The normalized spacial score (nSPS) is 49.5. The lowest BCUT2D eigenvalue weighted by molar-refractivity contribution is -0.185. The van der Waals surface area contributed by atoms with E-state index >= 15 is 0 Å². The van der Waals surface area contributed by atoms with Gasteiger partial charge in [-0.3, -0.25) is 4.79 Å². The summed E-state index contributed by atoms with van der Waals surface area (Å²) in [6.45, 7) is 5.93. The molecule has 0 unspecified atom stereocenters. The van der Waals surface area contributed by atoms with Crippen LogP contribution in [0, 0.1) is 34.0 Å². The Morgan fingerprint density at radius 3 is 2.43 bits per heavy atom. The van der Waals surface area contributed by atoms with Gasteiger partial charge in [-0.1, -0.05) is 20.3 Å². The number of rotatable bonds is 3. The monoisotopic (exact) mass is 390 g/mol. The average molecular weight is 391 g/mol. The van der Waals surface area contributed by atoms with Gasteiger partial charge in [0, 0.05) is 24.7 Å². The molecular weight excluding hydrogens is 356 g/mol. The van der Waals surface area contributed by atoms with Crippen molar-refractivity contribution in [1.82, 2.24) is 0 Å². The van der Waals surface area contributed by atoms with Gasteiger partial charge < -0.3 is 14.3 Å². The first-order chi connectivity index (χ1) is 13.2. The number of aldehydes is 1. The maximum absolute atomic E-state index is 12.9. The number of carbonyl (C=O) groups excluding carboxylic acids is 3. The number of ether oxygens (including phenoxy) is 2. The molecule has 4 aliphatic carbocycles. The highest BCUT2D eigenvalue weighted by Crippen LogP contribution is 2.73. The molecule has 1 spiro atoms. The Kier molecular flexibility index (Phi) is 4.48. The standard InChI is InChI=1S/C23H34O5/c1-15(25)28-23(19(26)27-4)13-22-11-8-17-20(2,14-24)9-5-10-21(17,3)18(22)7-6-16(23)12-22/h14,16-18H,5-13H2,1-4H3/t16-,17+,18-,20-,21+,22-,23-/m0/s1. The lowest BCUT2D eigenvalue weighted by Crippen LogP contribution is -2.56. The molecule has 0 aromatic rings. The lowest BCUT2D eigenvalue weighted by atomic mass is 9.41. The van der Waals surface area contributed by atoms with Crippen molar-refractivity contribution in [3.63, 3.8) is 0 Å². The fourth-order valence-electron chi connectivity index (χ4n) is 8.49. The maximum Gasteiger partial charge on any atom is 0.350 e. The molecule has 7 atom stereocenters. The number of hydrogen-bond acceptors (Lipinski definition) is 5. The first-order valence-electron chi connectivity index (χ1n) is 10.9. The van der Waals surface area contributed by atoms with Crippen molar-refractivity contribution in [2.24, 2.45) is 34.0 Å². The molecule has 0 aromatic carbocycles. The molecule has 5 nitrogen and oxygen atoms in total. The topological polar surface area (TPSA) is 69.7 Å². The van der Waals surface area contributed by atoms with E-state index in [4.69, 9.17) is 9.47 Å². The summed E-state index contributed by atoms with van der Waals surface area (Å²) < 4.78 is 10.9. The van der Waals surface area contributed by atoms with E-state index in [1.807, 2.05) is 0 Å². The van der Waals surface area contributed by atoms with Crippen LogP contribution in [-0.4, -0.2) is 30.9 Å². The molecule has 156 valence electrons. The predicted octanol–water partition coefficient (Wildman–Crippen LogP) is 4.07. The zero-order chi connectivity index (χ0) is 20.4. The highest BCUT2D eigenvalue weighted by molar-refractivity contribution is 5.84. The van der Waals surface area contributed by atoms with Crippen molar-refractivity contribution in [2.75, 3.05) is 7.11 Å². The third-order valence-electron chi connectivity index (χ3n) is 9.35.